The van der Waals surface area contributed by atoms with Crippen LogP contribution in [-0.2, 0) is 14.8 Å². The second-order valence-electron chi connectivity index (χ2n) is 5.51. The van der Waals surface area contributed by atoms with Gasteiger partial charge in [0.15, 0.2) is 5.82 Å². The fraction of sp³-hybridized carbons (Fsp3) is 0.500. The Morgan fingerprint density at radius 1 is 1.32 bits per heavy atom. The zero-order valence-corrected chi connectivity index (χ0v) is 14.2. The molecule has 120 valence electrons. The third-order valence-electron chi connectivity index (χ3n) is 3.91. The number of aromatic nitrogens is 2. The first-order chi connectivity index (χ1) is 10.5. The summed E-state index contributed by atoms with van der Waals surface area (Å²) in [6.07, 6.45) is 1.86. The summed E-state index contributed by atoms with van der Waals surface area (Å²) in [5, 5.41) is 7.02. The predicted molar refractivity (Wildman–Crippen MR) is 86.0 cm³/mol. The molecule has 6 nitrogen and oxygen atoms in total. The maximum atomic E-state index is 12.4. The summed E-state index contributed by atoms with van der Waals surface area (Å²) in [5.74, 6) is 0.691. The topological polar surface area (TPSA) is 84.1 Å². The van der Waals surface area contributed by atoms with Gasteiger partial charge < -0.3 is 4.74 Å². The van der Waals surface area contributed by atoms with Gasteiger partial charge in [-0.05, 0) is 38.3 Å². The summed E-state index contributed by atoms with van der Waals surface area (Å²) in [5.41, 5.74) is 1.94. The summed E-state index contributed by atoms with van der Waals surface area (Å²) in [6.45, 7) is 5.29. The molecule has 2 N–H and O–H groups in total. The monoisotopic (exact) mass is 341 g/mol. The molecule has 1 aliphatic heterocycles. The van der Waals surface area contributed by atoms with E-state index in [2.05, 4.69) is 14.9 Å². The van der Waals surface area contributed by atoms with Crippen LogP contribution in [0.1, 0.15) is 34.9 Å². The van der Waals surface area contributed by atoms with Crippen LogP contribution in [0.3, 0.4) is 0 Å². The van der Waals surface area contributed by atoms with E-state index in [-0.39, 0.29) is 0 Å². The van der Waals surface area contributed by atoms with Gasteiger partial charge in [-0.3, -0.25) is 9.82 Å². The number of aryl methyl sites for hydroxylation is 2. The first kappa shape index (κ1) is 15.5. The molecule has 0 bridgehead atoms. The number of H-pyrrole nitrogens is 1. The molecule has 1 fully saturated rings. The Kier molecular flexibility index (Phi) is 4.24. The molecular formula is C14H19N3O3S2. The Labute approximate surface area is 133 Å². The normalized spacial score (nSPS) is 16.8. The van der Waals surface area contributed by atoms with E-state index in [4.69, 9.17) is 4.74 Å². The number of rotatable bonds is 4. The van der Waals surface area contributed by atoms with Gasteiger partial charge in [-0.15, -0.1) is 11.3 Å². The van der Waals surface area contributed by atoms with Crippen LogP contribution in [0.2, 0.25) is 0 Å². The minimum absolute atomic E-state index is 0.318. The van der Waals surface area contributed by atoms with Crippen LogP contribution in [-0.4, -0.2) is 31.8 Å². The van der Waals surface area contributed by atoms with Gasteiger partial charge in [-0.25, -0.2) is 8.42 Å². The molecule has 0 spiro atoms. The minimum Gasteiger partial charge on any atom is -0.381 e. The molecule has 0 atom stereocenters. The Balaban J connectivity index is 1.76. The summed E-state index contributed by atoms with van der Waals surface area (Å²) >= 11 is 1.27. The Bertz CT molecular complexity index is 739. The standard InChI is InChI=1S/C14H19N3O3S2/c1-9-7-14(21-10(9)2)22(18,19)17-13-8-12(15-16-13)11-3-5-20-6-4-11/h7-8,11H,3-6H2,1-2H3,(H2,15,16,17). The van der Waals surface area contributed by atoms with Crippen LogP contribution in [0.5, 0.6) is 0 Å². The molecule has 1 saturated heterocycles. The van der Waals surface area contributed by atoms with Crippen LogP contribution >= 0.6 is 11.3 Å². The van der Waals surface area contributed by atoms with Gasteiger partial charge in [0, 0.05) is 35.8 Å². The number of nitrogens with zero attached hydrogens (tertiary/aromatic N) is 1. The maximum absolute atomic E-state index is 12.4. The number of hydrogen-bond acceptors (Lipinski definition) is 5. The van der Waals surface area contributed by atoms with E-state index in [1.54, 1.807) is 12.1 Å². The quantitative estimate of drug-likeness (QED) is 0.895. The molecule has 22 heavy (non-hydrogen) atoms. The van der Waals surface area contributed by atoms with Gasteiger partial charge in [-0.2, -0.15) is 5.10 Å². The SMILES string of the molecule is Cc1cc(S(=O)(=O)Nc2cc(C3CCOCC3)[nH]n2)sc1C. The smallest absolute Gasteiger partial charge is 0.272 e. The van der Waals surface area contributed by atoms with Crippen molar-refractivity contribution >= 4 is 27.2 Å². The van der Waals surface area contributed by atoms with Gasteiger partial charge in [0.2, 0.25) is 0 Å². The Morgan fingerprint density at radius 3 is 2.68 bits per heavy atom. The van der Waals surface area contributed by atoms with Crippen molar-refractivity contribution in [2.45, 2.75) is 36.8 Å². The van der Waals surface area contributed by atoms with Crippen molar-refractivity contribution in [2.75, 3.05) is 17.9 Å². The van der Waals surface area contributed by atoms with E-state index in [1.165, 1.54) is 11.3 Å². The molecule has 2 aromatic rings. The fourth-order valence-corrected chi connectivity index (χ4v) is 4.97. The predicted octanol–water partition coefficient (Wildman–Crippen LogP) is 2.78. The highest BCUT2D eigenvalue weighted by Crippen LogP contribution is 2.29. The van der Waals surface area contributed by atoms with Crippen molar-refractivity contribution in [3.8, 4) is 0 Å². The first-order valence-corrected chi connectivity index (χ1v) is 9.48. The zero-order chi connectivity index (χ0) is 15.7. The van der Waals surface area contributed by atoms with Crippen LogP contribution in [0, 0.1) is 13.8 Å². The van der Waals surface area contributed by atoms with Gasteiger partial charge in [-0.1, -0.05) is 0 Å². The molecular weight excluding hydrogens is 322 g/mol. The van der Waals surface area contributed by atoms with Crippen LogP contribution in [0.25, 0.3) is 0 Å². The second-order valence-corrected chi connectivity index (χ2v) is 8.67. The molecule has 0 aromatic carbocycles. The number of nitrogens with one attached hydrogen (secondary N) is 2. The third-order valence-corrected chi connectivity index (χ3v) is 6.89. The van der Waals surface area contributed by atoms with Crippen LogP contribution in [0.15, 0.2) is 16.3 Å². The van der Waals surface area contributed by atoms with Gasteiger partial charge in [0.25, 0.3) is 10.0 Å². The van der Waals surface area contributed by atoms with Crippen molar-refractivity contribution in [1.82, 2.24) is 10.2 Å². The van der Waals surface area contributed by atoms with Crippen molar-refractivity contribution in [3.63, 3.8) is 0 Å². The second kappa shape index (κ2) is 6.02. The molecule has 0 saturated carbocycles. The highest BCUT2D eigenvalue weighted by molar-refractivity contribution is 7.94. The highest BCUT2D eigenvalue weighted by atomic mass is 32.2. The first-order valence-electron chi connectivity index (χ1n) is 7.18. The van der Waals surface area contributed by atoms with Crippen LogP contribution < -0.4 is 4.72 Å². The highest BCUT2D eigenvalue weighted by Gasteiger charge is 2.22. The average Bonchev–Trinajstić information content (AvgIpc) is 3.08. The number of sulfonamides is 1. The van der Waals surface area contributed by atoms with Crippen molar-refractivity contribution in [1.29, 1.82) is 0 Å². The maximum Gasteiger partial charge on any atom is 0.272 e. The van der Waals surface area contributed by atoms with E-state index < -0.39 is 10.0 Å². The minimum atomic E-state index is -3.57. The lowest BCUT2D eigenvalue weighted by atomic mass is 9.97. The largest absolute Gasteiger partial charge is 0.381 e. The zero-order valence-electron chi connectivity index (χ0n) is 12.5. The molecule has 0 unspecified atom stereocenters. The molecule has 3 rings (SSSR count). The molecule has 2 aromatic heterocycles. The number of ether oxygens (including phenoxy) is 1. The van der Waals surface area contributed by atoms with Crippen molar-refractivity contribution in [2.24, 2.45) is 0 Å². The van der Waals surface area contributed by atoms with E-state index in [0.29, 0.717) is 15.9 Å². The van der Waals surface area contributed by atoms with E-state index in [9.17, 15) is 8.42 Å². The summed E-state index contributed by atoms with van der Waals surface area (Å²) in [4.78, 5) is 1.00. The molecule has 1 aliphatic rings. The molecule has 0 radical (unpaired) electrons. The van der Waals surface area contributed by atoms with Gasteiger partial charge >= 0.3 is 0 Å². The Morgan fingerprint density at radius 2 is 2.05 bits per heavy atom. The molecule has 0 aliphatic carbocycles. The molecule has 3 heterocycles. The van der Waals surface area contributed by atoms with Gasteiger partial charge in [0.05, 0.1) is 0 Å². The summed E-state index contributed by atoms with van der Waals surface area (Å²) in [7, 11) is -3.57. The molecule has 8 heteroatoms. The van der Waals surface area contributed by atoms with E-state index in [0.717, 1.165) is 42.2 Å². The number of aromatic amines is 1. The number of anilines is 1. The van der Waals surface area contributed by atoms with E-state index >= 15 is 0 Å². The lowest BCUT2D eigenvalue weighted by Gasteiger charge is -2.20. The number of hydrogen-bond donors (Lipinski definition) is 2. The summed E-state index contributed by atoms with van der Waals surface area (Å²) < 4.78 is 33.0. The number of thiophene rings is 1. The van der Waals surface area contributed by atoms with Crippen molar-refractivity contribution < 1.29 is 13.2 Å². The average molecular weight is 341 g/mol. The summed E-state index contributed by atoms with van der Waals surface area (Å²) in [6, 6.07) is 3.47. The fourth-order valence-electron chi connectivity index (χ4n) is 2.47. The van der Waals surface area contributed by atoms with Crippen molar-refractivity contribution in [3.05, 3.63) is 28.3 Å². The Hall–Kier alpha value is -1.38. The lowest BCUT2D eigenvalue weighted by molar-refractivity contribution is 0.0845. The third kappa shape index (κ3) is 3.18. The van der Waals surface area contributed by atoms with Crippen LogP contribution in [0.4, 0.5) is 5.82 Å². The molecule has 0 amide bonds. The van der Waals surface area contributed by atoms with Gasteiger partial charge in [0.1, 0.15) is 4.21 Å². The lowest BCUT2D eigenvalue weighted by Crippen LogP contribution is -2.14. The van der Waals surface area contributed by atoms with E-state index in [1.807, 2.05) is 13.8 Å².